The lowest BCUT2D eigenvalue weighted by molar-refractivity contribution is -0.122. The van der Waals surface area contributed by atoms with Crippen LogP contribution in [0, 0.1) is 5.92 Å². The highest BCUT2D eigenvalue weighted by atomic mass is 35.5. The zero-order valence-corrected chi connectivity index (χ0v) is 12.8. The predicted octanol–water partition coefficient (Wildman–Crippen LogP) is 4.12. The molecule has 0 aliphatic heterocycles. The standard InChI is InChI=1S/C11H11Cl3N2OS/c1-5(2)10(17)16-11(18)15-9-7(13)3-6(12)4-8(9)14/h3-5H,1-2H3,(H2,15,16,17,18). The number of carbonyl (C=O) groups is 1. The molecule has 0 unspecified atom stereocenters. The molecule has 0 fully saturated rings. The van der Waals surface area contributed by atoms with Crippen molar-refractivity contribution in [2.24, 2.45) is 5.92 Å². The van der Waals surface area contributed by atoms with Crippen LogP contribution in [-0.2, 0) is 4.79 Å². The fraction of sp³-hybridized carbons (Fsp3) is 0.273. The second-order valence-corrected chi connectivity index (χ2v) is 5.50. The van der Waals surface area contributed by atoms with E-state index in [2.05, 4.69) is 10.6 Å². The number of carbonyl (C=O) groups excluding carboxylic acids is 1. The second kappa shape index (κ2) is 6.57. The molecular formula is C11H11Cl3N2OS. The molecular weight excluding hydrogens is 315 g/mol. The highest BCUT2D eigenvalue weighted by Crippen LogP contribution is 2.33. The van der Waals surface area contributed by atoms with Crippen molar-refractivity contribution in [2.75, 3.05) is 5.32 Å². The van der Waals surface area contributed by atoms with Crippen LogP contribution < -0.4 is 10.6 Å². The number of anilines is 1. The number of benzene rings is 1. The van der Waals surface area contributed by atoms with E-state index in [-0.39, 0.29) is 16.9 Å². The summed E-state index contributed by atoms with van der Waals surface area (Å²) in [4.78, 5) is 11.4. The van der Waals surface area contributed by atoms with Crippen molar-refractivity contribution in [1.82, 2.24) is 5.32 Å². The van der Waals surface area contributed by atoms with E-state index in [1.165, 1.54) is 12.1 Å². The maximum Gasteiger partial charge on any atom is 0.228 e. The Morgan fingerprint density at radius 2 is 1.72 bits per heavy atom. The Hall–Kier alpha value is -0.550. The van der Waals surface area contributed by atoms with E-state index in [0.29, 0.717) is 20.8 Å². The first-order valence-corrected chi connectivity index (χ1v) is 6.62. The van der Waals surface area contributed by atoms with E-state index in [9.17, 15) is 4.79 Å². The normalized spacial score (nSPS) is 10.3. The Morgan fingerprint density at radius 1 is 1.22 bits per heavy atom. The van der Waals surface area contributed by atoms with Crippen LogP contribution in [-0.4, -0.2) is 11.0 Å². The van der Waals surface area contributed by atoms with Crippen LogP contribution >= 0.6 is 47.0 Å². The molecule has 1 aromatic rings. The smallest absolute Gasteiger partial charge is 0.228 e. The van der Waals surface area contributed by atoms with Gasteiger partial charge in [0.05, 0.1) is 15.7 Å². The van der Waals surface area contributed by atoms with Gasteiger partial charge in [0.2, 0.25) is 5.91 Å². The summed E-state index contributed by atoms with van der Waals surface area (Å²) in [5.74, 6) is -0.352. The molecule has 0 saturated carbocycles. The average molecular weight is 326 g/mol. The Morgan fingerprint density at radius 3 is 2.17 bits per heavy atom. The molecule has 0 heterocycles. The van der Waals surface area contributed by atoms with Crippen molar-refractivity contribution >= 4 is 63.7 Å². The second-order valence-electron chi connectivity index (χ2n) is 3.84. The molecule has 0 spiro atoms. The first-order valence-electron chi connectivity index (χ1n) is 5.07. The van der Waals surface area contributed by atoms with Gasteiger partial charge in [0.15, 0.2) is 5.11 Å². The monoisotopic (exact) mass is 324 g/mol. The Bertz CT molecular complexity index is 468. The molecule has 7 heteroatoms. The highest BCUT2D eigenvalue weighted by molar-refractivity contribution is 7.80. The molecule has 0 bridgehead atoms. The van der Waals surface area contributed by atoms with Gasteiger partial charge in [-0.25, -0.2) is 0 Å². The van der Waals surface area contributed by atoms with E-state index in [1.54, 1.807) is 13.8 Å². The van der Waals surface area contributed by atoms with Crippen LogP contribution in [0.1, 0.15) is 13.8 Å². The number of thiocarbonyl (C=S) groups is 1. The zero-order chi connectivity index (χ0) is 13.9. The lowest BCUT2D eigenvalue weighted by Gasteiger charge is -2.13. The lowest BCUT2D eigenvalue weighted by atomic mass is 10.2. The number of nitrogens with one attached hydrogen (secondary N) is 2. The quantitative estimate of drug-likeness (QED) is 0.804. The fourth-order valence-electron chi connectivity index (χ4n) is 1.06. The van der Waals surface area contributed by atoms with E-state index < -0.39 is 0 Å². The molecule has 98 valence electrons. The Kier molecular flexibility index (Phi) is 5.66. The largest absolute Gasteiger partial charge is 0.330 e. The minimum Gasteiger partial charge on any atom is -0.330 e. The topological polar surface area (TPSA) is 41.1 Å². The Balaban J connectivity index is 2.80. The molecule has 0 aromatic heterocycles. The number of amides is 1. The number of hydrogen-bond acceptors (Lipinski definition) is 2. The molecule has 3 nitrogen and oxygen atoms in total. The van der Waals surface area contributed by atoms with Gasteiger partial charge in [0, 0.05) is 10.9 Å². The first kappa shape index (κ1) is 15.5. The summed E-state index contributed by atoms with van der Waals surface area (Å²) in [6, 6.07) is 3.06. The molecule has 1 amide bonds. The number of halogens is 3. The van der Waals surface area contributed by atoms with Gasteiger partial charge in [-0.3, -0.25) is 4.79 Å². The summed E-state index contributed by atoms with van der Waals surface area (Å²) in [6.45, 7) is 3.53. The van der Waals surface area contributed by atoms with Crippen LogP contribution in [0.2, 0.25) is 15.1 Å². The van der Waals surface area contributed by atoms with Crippen molar-refractivity contribution in [3.05, 3.63) is 27.2 Å². The van der Waals surface area contributed by atoms with Crippen molar-refractivity contribution in [2.45, 2.75) is 13.8 Å². The van der Waals surface area contributed by atoms with Gasteiger partial charge in [0.25, 0.3) is 0 Å². The fourth-order valence-corrected chi connectivity index (χ4v) is 2.18. The van der Waals surface area contributed by atoms with E-state index in [4.69, 9.17) is 47.0 Å². The number of hydrogen-bond donors (Lipinski definition) is 2. The molecule has 0 aliphatic carbocycles. The SMILES string of the molecule is CC(C)C(=O)NC(=S)Nc1c(Cl)cc(Cl)cc1Cl. The summed E-state index contributed by atoms with van der Waals surface area (Å²) in [5, 5.41) is 6.51. The van der Waals surface area contributed by atoms with E-state index in [1.807, 2.05) is 0 Å². The van der Waals surface area contributed by atoms with Gasteiger partial charge in [-0.1, -0.05) is 48.7 Å². The molecule has 2 N–H and O–H groups in total. The van der Waals surface area contributed by atoms with Crippen LogP contribution in [0.25, 0.3) is 0 Å². The predicted molar refractivity (Wildman–Crippen MR) is 80.7 cm³/mol. The summed E-state index contributed by atoms with van der Waals surface area (Å²) in [7, 11) is 0. The third-order valence-electron chi connectivity index (χ3n) is 2.01. The molecule has 0 atom stereocenters. The summed E-state index contributed by atoms with van der Waals surface area (Å²) in [6.07, 6.45) is 0. The molecule has 18 heavy (non-hydrogen) atoms. The van der Waals surface area contributed by atoms with Crippen LogP contribution in [0.3, 0.4) is 0 Å². The van der Waals surface area contributed by atoms with E-state index in [0.717, 1.165) is 0 Å². The molecule has 0 radical (unpaired) electrons. The summed E-state index contributed by atoms with van der Waals surface area (Å²) >= 11 is 22.7. The average Bonchev–Trinajstić information content (AvgIpc) is 2.23. The molecule has 1 aromatic carbocycles. The lowest BCUT2D eigenvalue weighted by Crippen LogP contribution is -2.36. The maximum atomic E-state index is 11.4. The third-order valence-corrected chi connectivity index (χ3v) is 3.03. The van der Waals surface area contributed by atoms with Crippen LogP contribution in [0.5, 0.6) is 0 Å². The van der Waals surface area contributed by atoms with Crippen molar-refractivity contribution in [3.8, 4) is 0 Å². The first-order chi connectivity index (χ1) is 8.31. The van der Waals surface area contributed by atoms with Crippen LogP contribution in [0.15, 0.2) is 12.1 Å². The molecule has 1 rings (SSSR count). The van der Waals surface area contributed by atoms with Gasteiger partial charge in [-0.15, -0.1) is 0 Å². The molecule has 0 aliphatic rings. The van der Waals surface area contributed by atoms with Gasteiger partial charge in [-0.05, 0) is 24.4 Å². The third kappa shape index (κ3) is 4.28. The number of rotatable bonds is 2. The Labute approximate surface area is 126 Å². The van der Waals surface area contributed by atoms with Crippen LogP contribution in [0.4, 0.5) is 5.69 Å². The van der Waals surface area contributed by atoms with E-state index >= 15 is 0 Å². The van der Waals surface area contributed by atoms with Gasteiger partial charge < -0.3 is 10.6 Å². The van der Waals surface area contributed by atoms with Crippen molar-refractivity contribution in [1.29, 1.82) is 0 Å². The van der Waals surface area contributed by atoms with Crippen molar-refractivity contribution < 1.29 is 4.79 Å². The molecule has 0 saturated heterocycles. The zero-order valence-electron chi connectivity index (χ0n) is 9.68. The van der Waals surface area contributed by atoms with Crippen molar-refractivity contribution in [3.63, 3.8) is 0 Å². The highest BCUT2D eigenvalue weighted by Gasteiger charge is 2.12. The minimum absolute atomic E-state index is 0.139. The van der Waals surface area contributed by atoms with Gasteiger partial charge in [-0.2, -0.15) is 0 Å². The minimum atomic E-state index is -0.186. The summed E-state index contributed by atoms with van der Waals surface area (Å²) < 4.78 is 0. The van der Waals surface area contributed by atoms with Gasteiger partial charge >= 0.3 is 0 Å². The summed E-state index contributed by atoms with van der Waals surface area (Å²) in [5.41, 5.74) is 0.414. The van der Waals surface area contributed by atoms with Gasteiger partial charge in [0.1, 0.15) is 0 Å². The maximum absolute atomic E-state index is 11.4.